The molecule has 0 fully saturated rings. The van der Waals surface area contributed by atoms with E-state index in [0.29, 0.717) is 39.3 Å². The predicted molar refractivity (Wildman–Crippen MR) is 64.7 cm³/mol. The number of hydrogen-bond donors (Lipinski definition) is 6. The summed E-state index contributed by atoms with van der Waals surface area (Å²) in [5, 5.41) is 14.8. The van der Waals surface area contributed by atoms with Crippen LogP contribution in [0.5, 0.6) is 0 Å². The third-order valence-electron chi connectivity index (χ3n) is 0.500. The molecule has 0 saturated heterocycles. The zero-order valence-electron chi connectivity index (χ0n) is 10.1. The van der Waals surface area contributed by atoms with Gasteiger partial charge in [0.25, 0.3) is 0 Å². The molecule has 104 valence electrons. The van der Waals surface area contributed by atoms with Crippen LogP contribution in [-0.2, 0) is 27.3 Å². The van der Waals surface area contributed by atoms with Gasteiger partial charge in [-0.1, -0.05) is 0 Å². The molecular formula is C6H24CdN7O3-. The Balaban J connectivity index is -0.0000000369. The first-order valence-corrected chi connectivity index (χ1v) is 4.50. The van der Waals surface area contributed by atoms with Crippen molar-refractivity contribution in [2.75, 3.05) is 39.3 Å². The van der Waals surface area contributed by atoms with E-state index in [1.54, 1.807) is 0 Å². The van der Waals surface area contributed by atoms with Crippen LogP contribution in [0.1, 0.15) is 0 Å². The van der Waals surface area contributed by atoms with Gasteiger partial charge in [-0.3, -0.25) is 0 Å². The molecule has 0 atom stereocenters. The molecule has 0 aliphatic carbocycles. The quantitative estimate of drug-likeness (QED) is 0.167. The molecule has 0 aromatic rings. The van der Waals surface area contributed by atoms with Gasteiger partial charge in [0.2, 0.25) is 0 Å². The van der Waals surface area contributed by atoms with E-state index < -0.39 is 5.09 Å². The van der Waals surface area contributed by atoms with Crippen molar-refractivity contribution in [3.63, 3.8) is 0 Å². The molecule has 11 heteroatoms. The molecule has 0 saturated carbocycles. The first-order valence-electron chi connectivity index (χ1n) is 4.50. The zero-order valence-corrected chi connectivity index (χ0v) is 14.1. The number of hydrogen-bond acceptors (Lipinski definition) is 9. The van der Waals surface area contributed by atoms with Crippen LogP contribution in [0.4, 0.5) is 0 Å². The van der Waals surface area contributed by atoms with Crippen LogP contribution in [0.2, 0.25) is 0 Å². The Labute approximate surface area is 121 Å². The third-order valence-corrected chi connectivity index (χ3v) is 0.500. The van der Waals surface area contributed by atoms with Gasteiger partial charge in [0.1, 0.15) is 0 Å². The summed E-state index contributed by atoms with van der Waals surface area (Å²) < 4.78 is 0. The molecule has 0 bridgehead atoms. The maximum Gasteiger partial charge on any atom is 0.0689 e. The SMILES string of the molecule is NCCN.NCCN.NCCN.O=[N+]([O-])[O-].[Cd]. The second-order valence-corrected chi connectivity index (χ2v) is 1.96. The van der Waals surface area contributed by atoms with Gasteiger partial charge in [0, 0.05) is 66.6 Å². The predicted octanol–water partition coefficient (Wildman–Crippen LogP) is -3.53. The van der Waals surface area contributed by atoms with Crippen molar-refractivity contribution < 1.29 is 32.4 Å². The molecule has 0 aromatic carbocycles. The Hall–Kier alpha value is -0.118. The molecule has 0 spiro atoms. The van der Waals surface area contributed by atoms with Crippen LogP contribution >= 0.6 is 0 Å². The molecule has 0 heterocycles. The van der Waals surface area contributed by atoms with Gasteiger partial charge in [-0.2, -0.15) is 0 Å². The van der Waals surface area contributed by atoms with Crippen molar-refractivity contribution >= 4 is 0 Å². The van der Waals surface area contributed by atoms with E-state index in [0.717, 1.165) is 0 Å². The smallest absolute Gasteiger partial charge is 0.0689 e. The Kier molecular flexibility index (Phi) is 79.1. The summed E-state index contributed by atoms with van der Waals surface area (Å²) in [4.78, 5) is 8.25. The number of rotatable bonds is 3. The van der Waals surface area contributed by atoms with E-state index in [1.807, 2.05) is 0 Å². The topological polar surface area (TPSA) is 222 Å². The fraction of sp³-hybridized carbons (Fsp3) is 1.00. The van der Waals surface area contributed by atoms with E-state index in [9.17, 15) is 0 Å². The van der Waals surface area contributed by atoms with E-state index >= 15 is 0 Å². The molecule has 10 nitrogen and oxygen atoms in total. The van der Waals surface area contributed by atoms with E-state index in [1.165, 1.54) is 0 Å². The van der Waals surface area contributed by atoms with Gasteiger partial charge < -0.3 is 49.7 Å². The van der Waals surface area contributed by atoms with Crippen LogP contribution in [0.25, 0.3) is 0 Å². The molecule has 0 radical (unpaired) electrons. The summed E-state index contributed by atoms with van der Waals surface area (Å²) in [7, 11) is 0. The fourth-order valence-corrected chi connectivity index (χ4v) is 0. The second-order valence-electron chi connectivity index (χ2n) is 1.96. The first kappa shape index (κ1) is 30.2. The van der Waals surface area contributed by atoms with Crippen molar-refractivity contribution in [1.82, 2.24) is 0 Å². The van der Waals surface area contributed by atoms with Crippen LogP contribution in [-0.4, -0.2) is 44.4 Å². The summed E-state index contributed by atoms with van der Waals surface area (Å²) in [5.41, 5.74) is 29.4. The molecule has 12 N–H and O–H groups in total. The largest absolute Gasteiger partial charge is 0.356 e. The number of nitrogens with zero attached hydrogens (tertiary/aromatic N) is 1. The average Bonchev–Trinajstić information content (AvgIpc) is 2.28. The zero-order chi connectivity index (χ0) is 13.8. The van der Waals surface area contributed by atoms with Gasteiger partial charge in [-0.15, -0.1) is 0 Å². The molecule has 0 unspecified atom stereocenters. The van der Waals surface area contributed by atoms with Crippen LogP contribution < -0.4 is 34.4 Å². The molecule has 0 rings (SSSR count). The molecule has 0 aliphatic rings. The van der Waals surface area contributed by atoms with E-state index in [4.69, 9.17) is 49.7 Å². The third kappa shape index (κ3) is 368. The Bertz CT molecular complexity index is 92.1. The molecule has 0 amide bonds. The normalized spacial score (nSPS) is 6.71. The standard InChI is InChI=1S/3C2H8N2.Cd.NO3/c3*3-1-2-4;;2-1(3)4/h3*1-4H2;;/q;;;;-1. The van der Waals surface area contributed by atoms with E-state index in [2.05, 4.69) is 0 Å². The fourth-order valence-electron chi connectivity index (χ4n) is 0. The van der Waals surface area contributed by atoms with Crippen molar-refractivity contribution in [1.29, 1.82) is 0 Å². The first-order chi connectivity index (χ1) is 7.47. The van der Waals surface area contributed by atoms with Crippen LogP contribution in [0, 0.1) is 15.3 Å². The minimum Gasteiger partial charge on any atom is -0.356 e. The summed E-state index contributed by atoms with van der Waals surface area (Å²) in [5.74, 6) is 0. The molecular weight excluding hydrogens is 331 g/mol. The Morgan fingerprint density at radius 1 is 0.647 bits per heavy atom. The van der Waals surface area contributed by atoms with Crippen LogP contribution in [0.3, 0.4) is 0 Å². The maximum absolute atomic E-state index is 8.25. The van der Waals surface area contributed by atoms with Crippen molar-refractivity contribution in [2.24, 2.45) is 34.4 Å². The molecule has 0 aliphatic heterocycles. The Morgan fingerprint density at radius 3 is 0.706 bits per heavy atom. The summed E-state index contributed by atoms with van der Waals surface area (Å²) in [6, 6.07) is 0. The minimum absolute atomic E-state index is 0. The van der Waals surface area contributed by atoms with Gasteiger partial charge in [-0.25, -0.2) is 0 Å². The van der Waals surface area contributed by atoms with Crippen molar-refractivity contribution in [3.05, 3.63) is 15.3 Å². The summed E-state index contributed by atoms with van der Waals surface area (Å²) in [6.45, 7) is 3.58. The van der Waals surface area contributed by atoms with Gasteiger partial charge >= 0.3 is 0 Å². The van der Waals surface area contributed by atoms with Gasteiger partial charge in [0.15, 0.2) is 0 Å². The average molecular weight is 355 g/mol. The van der Waals surface area contributed by atoms with Crippen molar-refractivity contribution in [3.8, 4) is 0 Å². The monoisotopic (exact) mass is 356 g/mol. The molecule has 17 heavy (non-hydrogen) atoms. The Morgan fingerprint density at radius 2 is 0.706 bits per heavy atom. The van der Waals surface area contributed by atoms with Crippen molar-refractivity contribution in [2.45, 2.75) is 0 Å². The molecule has 0 aromatic heterocycles. The maximum atomic E-state index is 8.25. The van der Waals surface area contributed by atoms with Gasteiger partial charge in [0.05, 0.1) is 5.09 Å². The second kappa shape index (κ2) is 44.6. The summed E-state index contributed by atoms with van der Waals surface area (Å²) >= 11 is 0. The number of nitrogens with two attached hydrogens (primary N) is 6. The van der Waals surface area contributed by atoms with Gasteiger partial charge in [-0.05, 0) is 0 Å². The minimum atomic E-state index is -1.75. The summed E-state index contributed by atoms with van der Waals surface area (Å²) in [6.07, 6.45) is 0. The van der Waals surface area contributed by atoms with Crippen LogP contribution in [0.15, 0.2) is 0 Å². The van der Waals surface area contributed by atoms with E-state index in [-0.39, 0.29) is 27.3 Å².